The number of oxazole rings is 1. The number of para-hydroxylation sites is 1. The van der Waals surface area contributed by atoms with Crippen LogP contribution in [0.3, 0.4) is 0 Å². The fourth-order valence-corrected chi connectivity index (χ4v) is 2.41. The second kappa shape index (κ2) is 8.49. The van der Waals surface area contributed by atoms with Crippen LogP contribution in [-0.4, -0.2) is 28.0 Å². The molecule has 1 heterocycles. The van der Waals surface area contributed by atoms with Crippen LogP contribution in [0.4, 0.5) is 16.2 Å². The topological polar surface area (TPSA) is 134 Å². The molecule has 9 heteroatoms. The van der Waals surface area contributed by atoms with Gasteiger partial charge in [-0.1, -0.05) is 18.2 Å². The molecule has 142 valence electrons. The number of hydrogen-bond acceptors (Lipinski definition) is 5. The molecule has 4 N–H and O–H groups in total. The predicted octanol–water partition coefficient (Wildman–Crippen LogP) is 2.69. The van der Waals surface area contributed by atoms with Crippen LogP contribution in [0, 0.1) is 0 Å². The molecule has 0 aliphatic rings. The van der Waals surface area contributed by atoms with Crippen molar-refractivity contribution in [2.75, 3.05) is 10.6 Å². The van der Waals surface area contributed by atoms with Crippen LogP contribution in [0.1, 0.15) is 5.56 Å². The van der Waals surface area contributed by atoms with Crippen LogP contribution < -0.4 is 16.0 Å². The van der Waals surface area contributed by atoms with E-state index >= 15 is 0 Å². The lowest BCUT2D eigenvalue weighted by molar-refractivity contribution is -0.133. The summed E-state index contributed by atoms with van der Waals surface area (Å²) in [6.45, 7) is -0.00347. The zero-order chi connectivity index (χ0) is 19.9. The molecule has 28 heavy (non-hydrogen) atoms. The van der Waals surface area contributed by atoms with Gasteiger partial charge in [0, 0.05) is 23.5 Å². The highest BCUT2D eigenvalue weighted by molar-refractivity contribution is 6.43. The SMILES string of the molecule is O=C(O)NCc1ccccc1NC(=O)C(=O)Nc1ccc(-c2cnco2)cc1. The standard InChI is InChI=1S/C19H16N4O5/c24-17(22-14-7-5-12(6-8-14)16-10-20-11-28-16)18(25)23-15-4-2-1-3-13(15)9-21-19(26)27/h1-8,10-11,21H,9H2,(H,22,24)(H,23,25)(H,26,27). The molecule has 9 nitrogen and oxygen atoms in total. The molecule has 3 aromatic rings. The van der Waals surface area contributed by atoms with Crippen LogP contribution in [-0.2, 0) is 16.1 Å². The minimum atomic E-state index is -1.19. The lowest BCUT2D eigenvalue weighted by atomic mass is 10.1. The number of nitrogens with one attached hydrogen (secondary N) is 3. The Morgan fingerprint density at radius 3 is 2.36 bits per heavy atom. The van der Waals surface area contributed by atoms with Crippen molar-refractivity contribution >= 4 is 29.3 Å². The van der Waals surface area contributed by atoms with Gasteiger partial charge >= 0.3 is 17.9 Å². The van der Waals surface area contributed by atoms with Gasteiger partial charge in [-0.25, -0.2) is 9.78 Å². The summed E-state index contributed by atoms with van der Waals surface area (Å²) in [5.41, 5.74) is 2.09. The Kier molecular flexibility index (Phi) is 5.66. The first-order valence-electron chi connectivity index (χ1n) is 8.19. The summed E-state index contributed by atoms with van der Waals surface area (Å²) in [5.74, 6) is -1.14. The molecular weight excluding hydrogens is 364 g/mol. The maximum absolute atomic E-state index is 12.2. The maximum atomic E-state index is 12.2. The first-order valence-corrected chi connectivity index (χ1v) is 8.19. The smallest absolute Gasteiger partial charge is 0.404 e. The zero-order valence-electron chi connectivity index (χ0n) is 14.5. The van der Waals surface area contributed by atoms with Crippen molar-refractivity contribution in [2.45, 2.75) is 6.54 Å². The summed E-state index contributed by atoms with van der Waals surface area (Å²) < 4.78 is 5.19. The maximum Gasteiger partial charge on any atom is 0.404 e. The van der Waals surface area contributed by atoms with E-state index in [4.69, 9.17) is 9.52 Å². The number of carbonyl (C=O) groups is 3. The first-order chi connectivity index (χ1) is 13.5. The summed E-state index contributed by atoms with van der Waals surface area (Å²) in [4.78, 5) is 38.8. The van der Waals surface area contributed by atoms with E-state index in [9.17, 15) is 14.4 Å². The molecule has 0 spiro atoms. The number of anilines is 2. The van der Waals surface area contributed by atoms with Crippen LogP contribution in [0.25, 0.3) is 11.3 Å². The van der Waals surface area contributed by atoms with E-state index in [1.165, 1.54) is 6.39 Å². The summed E-state index contributed by atoms with van der Waals surface area (Å²) >= 11 is 0. The Morgan fingerprint density at radius 2 is 1.68 bits per heavy atom. The predicted molar refractivity (Wildman–Crippen MR) is 101 cm³/mol. The molecule has 0 fully saturated rings. The number of aromatic nitrogens is 1. The van der Waals surface area contributed by atoms with Crippen molar-refractivity contribution in [3.63, 3.8) is 0 Å². The number of amides is 3. The number of rotatable bonds is 5. The van der Waals surface area contributed by atoms with E-state index in [0.29, 0.717) is 22.7 Å². The van der Waals surface area contributed by atoms with Crippen LogP contribution >= 0.6 is 0 Å². The number of hydrogen-bond donors (Lipinski definition) is 4. The van der Waals surface area contributed by atoms with Crippen molar-refractivity contribution in [1.29, 1.82) is 0 Å². The fourth-order valence-electron chi connectivity index (χ4n) is 2.41. The van der Waals surface area contributed by atoms with Gasteiger partial charge in [-0.15, -0.1) is 0 Å². The number of benzene rings is 2. The average Bonchev–Trinajstić information content (AvgIpc) is 3.22. The van der Waals surface area contributed by atoms with Gasteiger partial charge in [-0.05, 0) is 35.9 Å². The third kappa shape index (κ3) is 4.73. The Labute approximate surface area is 159 Å². The molecule has 1 aromatic heterocycles. The molecule has 0 atom stereocenters. The van der Waals surface area contributed by atoms with Gasteiger partial charge in [0.15, 0.2) is 12.2 Å². The quantitative estimate of drug-likeness (QED) is 0.503. The Hall–Kier alpha value is -4.14. The summed E-state index contributed by atoms with van der Waals surface area (Å²) in [6.07, 6.45) is 1.70. The monoisotopic (exact) mass is 380 g/mol. The van der Waals surface area contributed by atoms with Crippen molar-refractivity contribution in [1.82, 2.24) is 10.3 Å². The number of carbonyl (C=O) groups excluding carboxylic acids is 2. The van der Waals surface area contributed by atoms with Crippen LogP contribution in [0.15, 0.2) is 65.5 Å². The Bertz CT molecular complexity index is 984. The van der Waals surface area contributed by atoms with Gasteiger partial charge in [0.05, 0.1) is 6.20 Å². The van der Waals surface area contributed by atoms with E-state index in [1.807, 2.05) is 0 Å². The van der Waals surface area contributed by atoms with Crippen molar-refractivity contribution in [2.24, 2.45) is 0 Å². The Balaban J connectivity index is 1.62. The molecule has 0 saturated carbocycles. The molecule has 0 radical (unpaired) electrons. The zero-order valence-corrected chi connectivity index (χ0v) is 14.5. The average molecular weight is 380 g/mol. The lowest BCUT2D eigenvalue weighted by Crippen LogP contribution is -2.30. The van der Waals surface area contributed by atoms with Gasteiger partial charge in [-0.3, -0.25) is 9.59 Å². The number of carboxylic acid groups (broad SMARTS) is 1. The van der Waals surface area contributed by atoms with Crippen molar-refractivity contribution in [3.05, 3.63) is 66.7 Å². The minimum Gasteiger partial charge on any atom is -0.465 e. The summed E-state index contributed by atoms with van der Waals surface area (Å²) in [6, 6.07) is 13.3. The molecular formula is C19H16N4O5. The molecule has 0 bridgehead atoms. The Morgan fingerprint density at radius 1 is 0.964 bits per heavy atom. The second-order valence-electron chi connectivity index (χ2n) is 5.67. The largest absolute Gasteiger partial charge is 0.465 e. The van der Waals surface area contributed by atoms with E-state index in [-0.39, 0.29) is 6.54 Å². The normalized spacial score (nSPS) is 10.1. The fraction of sp³-hybridized carbons (Fsp3) is 0.0526. The molecule has 0 saturated heterocycles. The summed E-state index contributed by atoms with van der Waals surface area (Å²) in [5, 5.41) is 15.9. The van der Waals surface area contributed by atoms with E-state index in [2.05, 4.69) is 20.9 Å². The second-order valence-corrected chi connectivity index (χ2v) is 5.67. The highest BCUT2D eigenvalue weighted by Crippen LogP contribution is 2.21. The lowest BCUT2D eigenvalue weighted by Gasteiger charge is -2.11. The minimum absolute atomic E-state index is 0.00347. The number of nitrogens with zero attached hydrogens (tertiary/aromatic N) is 1. The van der Waals surface area contributed by atoms with Crippen LogP contribution in [0.2, 0.25) is 0 Å². The van der Waals surface area contributed by atoms with Gasteiger partial charge in [0.2, 0.25) is 0 Å². The van der Waals surface area contributed by atoms with E-state index in [0.717, 1.165) is 5.56 Å². The van der Waals surface area contributed by atoms with Crippen LogP contribution in [0.5, 0.6) is 0 Å². The van der Waals surface area contributed by atoms with Gasteiger partial charge in [-0.2, -0.15) is 0 Å². The van der Waals surface area contributed by atoms with Crippen molar-refractivity contribution < 1.29 is 23.9 Å². The molecule has 0 aliphatic heterocycles. The molecule has 3 rings (SSSR count). The third-order valence-electron chi connectivity index (χ3n) is 3.76. The highest BCUT2D eigenvalue weighted by atomic mass is 16.4. The van der Waals surface area contributed by atoms with E-state index < -0.39 is 17.9 Å². The molecule has 3 amide bonds. The first kappa shape index (κ1) is 18.6. The highest BCUT2D eigenvalue weighted by Gasteiger charge is 2.16. The summed E-state index contributed by atoms with van der Waals surface area (Å²) in [7, 11) is 0. The molecule has 0 unspecified atom stereocenters. The molecule has 2 aromatic carbocycles. The molecule has 0 aliphatic carbocycles. The van der Waals surface area contributed by atoms with E-state index in [1.54, 1.807) is 54.7 Å². The third-order valence-corrected chi connectivity index (χ3v) is 3.76. The van der Waals surface area contributed by atoms with Gasteiger partial charge in [0.25, 0.3) is 0 Å². The van der Waals surface area contributed by atoms with Gasteiger partial charge in [0.1, 0.15) is 0 Å². The van der Waals surface area contributed by atoms with Crippen molar-refractivity contribution in [3.8, 4) is 11.3 Å². The van der Waals surface area contributed by atoms with Gasteiger partial charge < -0.3 is 25.5 Å².